The number of hydrogen-bond donors (Lipinski definition) is 1. The molecule has 3 fully saturated rings. The first kappa shape index (κ1) is 12.4. The highest BCUT2D eigenvalue weighted by Crippen LogP contribution is 2.29. The van der Waals surface area contributed by atoms with Gasteiger partial charge < -0.3 is 15.0 Å². The standard InChI is InChI=1S/C14H24N2O2/c17-14(10-11-4-3-7-15-11)16-8-9-18-13-6-2-1-5-12(13)16/h11-13,15H,1-10H2. The monoisotopic (exact) mass is 252 g/mol. The Morgan fingerprint density at radius 1 is 1.22 bits per heavy atom. The van der Waals surface area contributed by atoms with Gasteiger partial charge in [0.2, 0.25) is 5.91 Å². The Bertz CT molecular complexity index is 300. The van der Waals surface area contributed by atoms with Crippen molar-refractivity contribution in [2.75, 3.05) is 19.7 Å². The fourth-order valence-electron chi connectivity index (χ4n) is 3.67. The van der Waals surface area contributed by atoms with Crippen molar-refractivity contribution >= 4 is 5.91 Å². The maximum atomic E-state index is 12.4. The molecule has 1 amide bonds. The molecule has 0 aromatic heterocycles. The molecule has 0 radical (unpaired) electrons. The van der Waals surface area contributed by atoms with E-state index in [0.717, 1.165) is 39.0 Å². The van der Waals surface area contributed by atoms with E-state index < -0.39 is 0 Å². The highest BCUT2D eigenvalue weighted by molar-refractivity contribution is 5.77. The molecule has 2 saturated heterocycles. The summed E-state index contributed by atoms with van der Waals surface area (Å²) < 4.78 is 5.82. The van der Waals surface area contributed by atoms with Crippen molar-refractivity contribution in [1.82, 2.24) is 10.2 Å². The minimum absolute atomic E-state index is 0.313. The molecule has 1 N–H and O–H groups in total. The maximum absolute atomic E-state index is 12.4. The summed E-state index contributed by atoms with van der Waals surface area (Å²) >= 11 is 0. The Balaban J connectivity index is 1.60. The van der Waals surface area contributed by atoms with Crippen LogP contribution in [-0.4, -0.2) is 48.7 Å². The number of carbonyl (C=O) groups is 1. The van der Waals surface area contributed by atoms with Gasteiger partial charge in [0.15, 0.2) is 0 Å². The zero-order valence-electron chi connectivity index (χ0n) is 11.1. The third-order valence-corrected chi connectivity index (χ3v) is 4.64. The lowest BCUT2D eigenvalue weighted by molar-refractivity contribution is -0.150. The fourth-order valence-corrected chi connectivity index (χ4v) is 3.67. The van der Waals surface area contributed by atoms with Gasteiger partial charge in [-0.3, -0.25) is 4.79 Å². The van der Waals surface area contributed by atoms with Crippen LogP contribution < -0.4 is 5.32 Å². The number of nitrogens with one attached hydrogen (secondary N) is 1. The van der Waals surface area contributed by atoms with Gasteiger partial charge in [-0.15, -0.1) is 0 Å². The van der Waals surface area contributed by atoms with Crippen molar-refractivity contribution in [2.45, 2.75) is 63.1 Å². The smallest absolute Gasteiger partial charge is 0.224 e. The summed E-state index contributed by atoms with van der Waals surface area (Å²) in [6, 6.07) is 0.781. The van der Waals surface area contributed by atoms with Crippen LogP contribution in [0.4, 0.5) is 0 Å². The summed E-state index contributed by atoms with van der Waals surface area (Å²) in [5, 5.41) is 3.42. The lowest BCUT2D eigenvalue weighted by Crippen LogP contribution is -2.55. The number of ether oxygens (including phenoxy) is 1. The molecule has 3 aliphatic rings. The topological polar surface area (TPSA) is 41.6 Å². The predicted octanol–water partition coefficient (Wildman–Crippen LogP) is 1.30. The van der Waals surface area contributed by atoms with E-state index in [-0.39, 0.29) is 0 Å². The fraction of sp³-hybridized carbons (Fsp3) is 0.929. The van der Waals surface area contributed by atoms with Crippen LogP contribution >= 0.6 is 0 Å². The molecule has 1 saturated carbocycles. The van der Waals surface area contributed by atoms with Crippen LogP contribution in [0.3, 0.4) is 0 Å². The molecule has 4 heteroatoms. The van der Waals surface area contributed by atoms with Crippen LogP contribution in [0.15, 0.2) is 0 Å². The van der Waals surface area contributed by atoms with E-state index in [2.05, 4.69) is 10.2 Å². The molecule has 18 heavy (non-hydrogen) atoms. The summed E-state index contributed by atoms with van der Waals surface area (Å²) in [7, 11) is 0. The molecule has 1 aliphatic carbocycles. The third kappa shape index (κ3) is 2.54. The van der Waals surface area contributed by atoms with Gasteiger partial charge in [0.1, 0.15) is 0 Å². The summed E-state index contributed by atoms with van der Waals surface area (Å²) in [4.78, 5) is 14.6. The Kier molecular flexibility index (Phi) is 3.85. The Labute approximate surface area is 109 Å². The molecule has 0 bridgehead atoms. The number of rotatable bonds is 2. The Morgan fingerprint density at radius 2 is 2.11 bits per heavy atom. The van der Waals surface area contributed by atoms with Crippen molar-refractivity contribution in [2.24, 2.45) is 0 Å². The number of fused-ring (bicyclic) bond motifs is 1. The molecule has 2 heterocycles. The quantitative estimate of drug-likeness (QED) is 0.805. The van der Waals surface area contributed by atoms with Gasteiger partial charge >= 0.3 is 0 Å². The van der Waals surface area contributed by atoms with E-state index in [1.165, 1.54) is 19.3 Å². The van der Waals surface area contributed by atoms with Crippen molar-refractivity contribution in [3.8, 4) is 0 Å². The zero-order valence-corrected chi connectivity index (χ0v) is 11.1. The molecule has 3 atom stereocenters. The minimum Gasteiger partial charge on any atom is -0.374 e. The van der Waals surface area contributed by atoms with E-state index in [1.807, 2.05) is 0 Å². The maximum Gasteiger partial charge on any atom is 0.224 e. The van der Waals surface area contributed by atoms with E-state index in [4.69, 9.17) is 4.74 Å². The lowest BCUT2D eigenvalue weighted by Gasteiger charge is -2.44. The van der Waals surface area contributed by atoms with E-state index in [1.54, 1.807) is 0 Å². The van der Waals surface area contributed by atoms with Gasteiger partial charge in [-0.25, -0.2) is 0 Å². The van der Waals surface area contributed by atoms with Crippen LogP contribution in [0.2, 0.25) is 0 Å². The van der Waals surface area contributed by atoms with Crippen molar-refractivity contribution in [3.05, 3.63) is 0 Å². The second-order valence-corrected chi connectivity index (χ2v) is 5.85. The number of hydrogen-bond acceptors (Lipinski definition) is 3. The average molecular weight is 252 g/mol. The molecular weight excluding hydrogens is 228 g/mol. The molecule has 3 rings (SSSR count). The number of nitrogens with zero attached hydrogens (tertiary/aromatic N) is 1. The normalized spacial score (nSPS) is 36.4. The van der Waals surface area contributed by atoms with Gasteiger partial charge in [0.05, 0.1) is 18.8 Å². The molecule has 3 unspecified atom stereocenters. The van der Waals surface area contributed by atoms with Crippen molar-refractivity contribution in [3.63, 3.8) is 0 Å². The first-order chi connectivity index (χ1) is 8.84. The molecule has 102 valence electrons. The van der Waals surface area contributed by atoms with Gasteiger partial charge in [0, 0.05) is 19.0 Å². The molecule has 0 aromatic carbocycles. The summed E-state index contributed by atoms with van der Waals surface area (Å²) in [5.41, 5.74) is 0. The van der Waals surface area contributed by atoms with E-state index in [9.17, 15) is 4.79 Å². The Hall–Kier alpha value is -0.610. The highest BCUT2D eigenvalue weighted by Gasteiger charge is 2.37. The van der Waals surface area contributed by atoms with Crippen LogP contribution in [-0.2, 0) is 9.53 Å². The second-order valence-electron chi connectivity index (χ2n) is 5.85. The summed E-state index contributed by atoms with van der Waals surface area (Å²) in [5.74, 6) is 0.342. The molecular formula is C14H24N2O2. The number of amides is 1. The van der Waals surface area contributed by atoms with Gasteiger partial charge in [0.25, 0.3) is 0 Å². The first-order valence-electron chi connectivity index (χ1n) is 7.49. The highest BCUT2D eigenvalue weighted by atomic mass is 16.5. The summed E-state index contributed by atoms with van der Waals surface area (Å²) in [6.45, 7) is 2.60. The van der Waals surface area contributed by atoms with Crippen LogP contribution in [0, 0.1) is 0 Å². The third-order valence-electron chi connectivity index (χ3n) is 4.64. The molecule has 2 aliphatic heterocycles. The number of carbonyl (C=O) groups excluding carboxylic acids is 1. The second kappa shape index (κ2) is 5.57. The van der Waals surface area contributed by atoms with Crippen LogP contribution in [0.25, 0.3) is 0 Å². The SMILES string of the molecule is O=C(CC1CCCN1)N1CCOC2CCCCC21. The number of morpholine rings is 1. The lowest BCUT2D eigenvalue weighted by atomic mass is 9.89. The van der Waals surface area contributed by atoms with Crippen molar-refractivity contribution in [1.29, 1.82) is 0 Å². The van der Waals surface area contributed by atoms with Crippen molar-refractivity contribution < 1.29 is 9.53 Å². The summed E-state index contributed by atoms with van der Waals surface area (Å²) in [6.07, 6.45) is 8.14. The van der Waals surface area contributed by atoms with Gasteiger partial charge in [-0.1, -0.05) is 12.8 Å². The molecule has 0 aromatic rings. The zero-order chi connectivity index (χ0) is 12.4. The minimum atomic E-state index is 0.313. The van der Waals surface area contributed by atoms with Crippen LogP contribution in [0.5, 0.6) is 0 Å². The largest absolute Gasteiger partial charge is 0.374 e. The Morgan fingerprint density at radius 3 is 2.94 bits per heavy atom. The average Bonchev–Trinajstić information content (AvgIpc) is 2.91. The molecule has 0 spiro atoms. The first-order valence-corrected chi connectivity index (χ1v) is 7.49. The van der Waals surface area contributed by atoms with E-state index >= 15 is 0 Å². The molecule has 4 nitrogen and oxygen atoms in total. The van der Waals surface area contributed by atoms with Gasteiger partial charge in [-0.2, -0.15) is 0 Å². The predicted molar refractivity (Wildman–Crippen MR) is 69.4 cm³/mol. The van der Waals surface area contributed by atoms with E-state index in [0.29, 0.717) is 30.5 Å². The van der Waals surface area contributed by atoms with Gasteiger partial charge in [-0.05, 0) is 32.2 Å². The van der Waals surface area contributed by atoms with Crippen LogP contribution in [0.1, 0.15) is 44.9 Å².